The molecule has 0 aromatic carbocycles. The van der Waals surface area contributed by atoms with Crippen LogP contribution in [-0.4, -0.2) is 36.1 Å². The van der Waals surface area contributed by atoms with Gasteiger partial charge in [0.25, 0.3) is 0 Å². The molecule has 0 bridgehead atoms. The molecule has 1 amide bonds. The summed E-state index contributed by atoms with van der Waals surface area (Å²) in [6.07, 6.45) is 4.51. The van der Waals surface area contributed by atoms with Gasteiger partial charge in [0.15, 0.2) is 0 Å². The molecule has 1 rings (SSSR count). The highest BCUT2D eigenvalue weighted by Crippen LogP contribution is 2.05. The molecule has 1 atom stereocenters. The minimum absolute atomic E-state index is 0.147. The van der Waals surface area contributed by atoms with Crippen LogP contribution < -0.4 is 10.6 Å². The molecule has 1 fully saturated rings. The lowest BCUT2D eigenvalue weighted by Crippen LogP contribution is -2.35. The zero-order chi connectivity index (χ0) is 11.8. The standard InChI is InChI=1S/C11H20N2O3/c14-10-6-5-9(13-10)8-12-7-3-1-2-4-11(15)16/h9,12H,1-8H2,(H,13,14)(H,15,16). The van der Waals surface area contributed by atoms with E-state index in [0.29, 0.717) is 6.42 Å². The van der Waals surface area contributed by atoms with Gasteiger partial charge in [-0.05, 0) is 25.8 Å². The van der Waals surface area contributed by atoms with Crippen LogP contribution in [0.1, 0.15) is 38.5 Å². The summed E-state index contributed by atoms with van der Waals surface area (Å²) in [5, 5.41) is 14.6. The maximum Gasteiger partial charge on any atom is 0.303 e. The summed E-state index contributed by atoms with van der Waals surface area (Å²) in [6, 6.07) is 0.284. The Morgan fingerprint density at radius 2 is 2.25 bits per heavy atom. The number of rotatable bonds is 8. The molecular formula is C11H20N2O3. The first-order valence-electron chi connectivity index (χ1n) is 5.90. The minimum atomic E-state index is -0.721. The molecule has 5 nitrogen and oxygen atoms in total. The predicted molar refractivity (Wildman–Crippen MR) is 60.1 cm³/mol. The first-order chi connectivity index (χ1) is 7.68. The van der Waals surface area contributed by atoms with Crippen LogP contribution in [0.3, 0.4) is 0 Å². The first kappa shape index (κ1) is 13.0. The third-order valence-electron chi connectivity index (χ3n) is 2.72. The number of amides is 1. The second-order valence-corrected chi connectivity index (χ2v) is 4.21. The molecule has 3 N–H and O–H groups in total. The van der Waals surface area contributed by atoms with Gasteiger partial charge in [0.2, 0.25) is 5.91 Å². The Hall–Kier alpha value is -1.10. The van der Waals surface area contributed by atoms with Crippen molar-refractivity contribution in [2.24, 2.45) is 0 Å². The van der Waals surface area contributed by atoms with Crippen molar-refractivity contribution in [1.82, 2.24) is 10.6 Å². The molecule has 0 aliphatic carbocycles. The lowest BCUT2D eigenvalue weighted by Gasteiger charge is -2.10. The fraction of sp³-hybridized carbons (Fsp3) is 0.818. The van der Waals surface area contributed by atoms with Gasteiger partial charge in [-0.25, -0.2) is 0 Å². The van der Waals surface area contributed by atoms with E-state index in [1.807, 2.05) is 0 Å². The monoisotopic (exact) mass is 228 g/mol. The Balaban J connectivity index is 1.85. The second kappa shape index (κ2) is 7.22. The molecule has 92 valence electrons. The van der Waals surface area contributed by atoms with E-state index in [2.05, 4.69) is 10.6 Å². The molecule has 0 aromatic rings. The van der Waals surface area contributed by atoms with E-state index in [4.69, 9.17) is 5.11 Å². The summed E-state index contributed by atoms with van der Waals surface area (Å²) in [5.41, 5.74) is 0. The van der Waals surface area contributed by atoms with Crippen LogP contribution in [0.4, 0.5) is 0 Å². The number of carbonyl (C=O) groups excluding carboxylic acids is 1. The van der Waals surface area contributed by atoms with Crippen LogP contribution in [-0.2, 0) is 9.59 Å². The van der Waals surface area contributed by atoms with Gasteiger partial charge >= 0.3 is 5.97 Å². The van der Waals surface area contributed by atoms with Crippen molar-refractivity contribution in [2.75, 3.05) is 13.1 Å². The van der Waals surface area contributed by atoms with Crippen molar-refractivity contribution < 1.29 is 14.7 Å². The summed E-state index contributed by atoms with van der Waals surface area (Å²) < 4.78 is 0. The average Bonchev–Trinajstić information content (AvgIpc) is 2.62. The van der Waals surface area contributed by atoms with Crippen LogP contribution in [0.25, 0.3) is 0 Å². The molecule has 1 saturated heterocycles. The summed E-state index contributed by atoms with van der Waals surface area (Å²) in [7, 11) is 0. The van der Waals surface area contributed by atoms with Gasteiger partial charge in [-0.3, -0.25) is 9.59 Å². The number of unbranched alkanes of at least 4 members (excludes halogenated alkanes) is 2. The largest absolute Gasteiger partial charge is 0.481 e. The molecule has 1 aliphatic heterocycles. The zero-order valence-electron chi connectivity index (χ0n) is 9.50. The van der Waals surface area contributed by atoms with E-state index in [0.717, 1.165) is 38.8 Å². The minimum Gasteiger partial charge on any atom is -0.481 e. The van der Waals surface area contributed by atoms with Crippen molar-refractivity contribution in [1.29, 1.82) is 0 Å². The lowest BCUT2D eigenvalue weighted by atomic mass is 10.2. The van der Waals surface area contributed by atoms with Crippen LogP contribution >= 0.6 is 0 Å². The van der Waals surface area contributed by atoms with Gasteiger partial charge < -0.3 is 15.7 Å². The highest BCUT2D eigenvalue weighted by atomic mass is 16.4. The van der Waals surface area contributed by atoms with Gasteiger partial charge in [0.1, 0.15) is 0 Å². The molecule has 0 saturated carbocycles. The maximum atomic E-state index is 10.9. The summed E-state index contributed by atoms with van der Waals surface area (Å²) in [6.45, 7) is 1.72. The Bertz CT molecular complexity index is 243. The number of hydrogen-bond donors (Lipinski definition) is 3. The average molecular weight is 228 g/mol. The molecule has 1 aliphatic rings. The Morgan fingerprint density at radius 1 is 1.44 bits per heavy atom. The third-order valence-corrected chi connectivity index (χ3v) is 2.72. The van der Waals surface area contributed by atoms with Crippen molar-refractivity contribution in [3.63, 3.8) is 0 Å². The van der Waals surface area contributed by atoms with Crippen LogP contribution in [0, 0.1) is 0 Å². The van der Waals surface area contributed by atoms with E-state index >= 15 is 0 Å². The van der Waals surface area contributed by atoms with E-state index < -0.39 is 5.97 Å². The smallest absolute Gasteiger partial charge is 0.303 e. The van der Waals surface area contributed by atoms with Gasteiger partial charge in [-0.15, -0.1) is 0 Å². The number of carboxylic acid groups (broad SMARTS) is 1. The van der Waals surface area contributed by atoms with Gasteiger partial charge in [0.05, 0.1) is 0 Å². The Labute approximate surface area is 95.6 Å². The van der Waals surface area contributed by atoms with E-state index in [1.54, 1.807) is 0 Å². The molecule has 0 spiro atoms. The van der Waals surface area contributed by atoms with Crippen molar-refractivity contribution >= 4 is 11.9 Å². The molecule has 1 heterocycles. The molecule has 1 unspecified atom stereocenters. The summed E-state index contributed by atoms with van der Waals surface area (Å²) >= 11 is 0. The highest BCUT2D eigenvalue weighted by molar-refractivity contribution is 5.78. The van der Waals surface area contributed by atoms with Crippen LogP contribution in [0.5, 0.6) is 0 Å². The van der Waals surface area contributed by atoms with Gasteiger partial charge in [-0.1, -0.05) is 6.42 Å². The SMILES string of the molecule is O=C(O)CCCCCNCC1CCC(=O)N1. The van der Waals surface area contributed by atoms with Crippen LogP contribution in [0.15, 0.2) is 0 Å². The number of hydrogen-bond acceptors (Lipinski definition) is 3. The van der Waals surface area contributed by atoms with Crippen molar-refractivity contribution in [3.8, 4) is 0 Å². The quantitative estimate of drug-likeness (QED) is 0.529. The van der Waals surface area contributed by atoms with E-state index in [1.165, 1.54) is 0 Å². The third kappa shape index (κ3) is 5.70. The second-order valence-electron chi connectivity index (χ2n) is 4.21. The molecule has 0 radical (unpaired) electrons. The van der Waals surface area contributed by atoms with Crippen molar-refractivity contribution in [2.45, 2.75) is 44.6 Å². The maximum absolute atomic E-state index is 10.9. The summed E-state index contributed by atoms with van der Waals surface area (Å²) in [4.78, 5) is 21.1. The van der Waals surface area contributed by atoms with E-state index in [-0.39, 0.29) is 18.4 Å². The number of carbonyl (C=O) groups is 2. The highest BCUT2D eigenvalue weighted by Gasteiger charge is 2.19. The normalized spacial score (nSPS) is 19.8. The van der Waals surface area contributed by atoms with Gasteiger partial charge in [0, 0.05) is 25.4 Å². The molecule has 0 aromatic heterocycles. The molecular weight excluding hydrogens is 208 g/mol. The predicted octanol–water partition coefficient (Wildman–Crippen LogP) is 0.500. The fourth-order valence-corrected chi connectivity index (χ4v) is 1.81. The number of nitrogens with one attached hydrogen (secondary N) is 2. The number of carboxylic acids is 1. The first-order valence-corrected chi connectivity index (χ1v) is 5.90. The fourth-order valence-electron chi connectivity index (χ4n) is 1.81. The van der Waals surface area contributed by atoms with Crippen molar-refractivity contribution in [3.05, 3.63) is 0 Å². The number of aliphatic carboxylic acids is 1. The lowest BCUT2D eigenvalue weighted by molar-refractivity contribution is -0.137. The topological polar surface area (TPSA) is 78.4 Å². The Kier molecular flexibility index (Phi) is 5.85. The summed E-state index contributed by atoms with van der Waals surface area (Å²) in [5.74, 6) is -0.574. The van der Waals surface area contributed by atoms with Gasteiger partial charge in [-0.2, -0.15) is 0 Å². The zero-order valence-corrected chi connectivity index (χ0v) is 9.50. The Morgan fingerprint density at radius 3 is 2.88 bits per heavy atom. The molecule has 5 heteroatoms. The van der Waals surface area contributed by atoms with Crippen LogP contribution in [0.2, 0.25) is 0 Å². The molecule has 16 heavy (non-hydrogen) atoms. The van der Waals surface area contributed by atoms with E-state index in [9.17, 15) is 9.59 Å².